The lowest BCUT2D eigenvalue weighted by atomic mass is 10.3. The van der Waals surface area contributed by atoms with E-state index < -0.39 is 48.0 Å². The smallest absolute Gasteiger partial charge is 0.394 e. The monoisotopic (exact) mass is 439 g/mol. The van der Waals surface area contributed by atoms with E-state index in [1.54, 1.807) is 0 Å². The Labute approximate surface area is 145 Å². The maximum absolute atomic E-state index is 11.7. The highest BCUT2D eigenvalue weighted by Gasteiger charge is 2.40. The molecule has 0 saturated carbocycles. The molecule has 0 spiro atoms. The molecule has 1 aromatic rings. The lowest BCUT2D eigenvalue weighted by Crippen LogP contribution is -2.32. The van der Waals surface area contributed by atoms with Crippen LogP contribution < -0.4 is 11.4 Å². The summed E-state index contributed by atoms with van der Waals surface area (Å²) >= 11 is 0. The predicted molar refractivity (Wildman–Crippen MR) is 83.6 cm³/mol. The van der Waals surface area contributed by atoms with Crippen molar-refractivity contribution in [2.45, 2.75) is 12.6 Å². The van der Waals surface area contributed by atoms with Gasteiger partial charge in [-0.2, -0.15) is 9.29 Å². The first-order chi connectivity index (χ1) is 11.7. The highest BCUT2D eigenvalue weighted by molar-refractivity contribution is 7.68. The predicted octanol–water partition coefficient (Wildman–Crippen LogP) is -1.43. The summed E-state index contributed by atoms with van der Waals surface area (Å²) in [6.07, 6.45) is -1.27. The summed E-state index contributed by atoms with van der Waals surface area (Å²) in [7, 11) is -16.1. The molecule has 0 aliphatic rings. The minimum absolute atomic E-state index is 0.0512. The van der Waals surface area contributed by atoms with Crippen LogP contribution in [0.2, 0.25) is 0 Å². The molecule has 3 atom stereocenters. The molecule has 0 bridgehead atoms. The van der Waals surface area contributed by atoms with Crippen LogP contribution in [-0.4, -0.2) is 53.3 Å². The fourth-order valence-electron chi connectivity index (χ4n) is 1.50. The molecule has 15 nitrogen and oxygen atoms in total. The zero-order chi connectivity index (χ0) is 20.2. The summed E-state index contributed by atoms with van der Waals surface area (Å²) < 4.78 is 46.3. The lowest BCUT2D eigenvalue weighted by Gasteiger charge is -2.20. The third-order valence-electron chi connectivity index (χ3n) is 2.41. The van der Waals surface area contributed by atoms with Gasteiger partial charge in [0, 0.05) is 6.20 Å². The van der Waals surface area contributed by atoms with E-state index in [-0.39, 0.29) is 12.4 Å². The average Bonchev–Trinajstić information content (AvgIpc) is 2.41. The fraction of sp³-hybridized carbons (Fsp3) is 0.500. The van der Waals surface area contributed by atoms with Crippen LogP contribution >= 0.6 is 23.2 Å². The third-order valence-corrected chi connectivity index (χ3v) is 6.41. The van der Waals surface area contributed by atoms with Gasteiger partial charge in [0.1, 0.15) is 12.2 Å². The molecule has 0 saturated heterocycles. The van der Waals surface area contributed by atoms with E-state index in [9.17, 15) is 28.5 Å². The van der Waals surface area contributed by atoms with Gasteiger partial charge in [-0.3, -0.25) is 9.13 Å². The topological polar surface area (TPSA) is 241 Å². The number of phosphoric acid groups is 2. The van der Waals surface area contributed by atoms with Crippen molar-refractivity contribution in [3.63, 3.8) is 0 Å². The minimum atomic E-state index is -5.58. The maximum atomic E-state index is 11.7. The summed E-state index contributed by atoms with van der Waals surface area (Å²) in [5.74, 6) is -0.0512. The van der Waals surface area contributed by atoms with E-state index >= 15 is 0 Å². The number of nitrogens with two attached hydrogens (primary N) is 1. The molecule has 18 heteroatoms. The molecule has 0 fully saturated rings. The molecule has 0 aliphatic heterocycles. The van der Waals surface area contributed by atoms with E-state index in [4.69, 9.17) is 25.2 Å². The number of hydrogen-bond acceptors (Lipinski definition) is 10. The molecule has 0 aromatic carbocycles. The number of aliphatic hydroxyl groups excluding tert-OH is 1. The first-order valence-electron chi connectivity index (χ1n) is 6.41. The molecule has 3 unspecified atom stereocenters. The zero-order valence-corrected chi connectivity index (χ0v) is 15.4. The van der Waals surface area contributed by atoms with Crippen molar-refractivity contribution < 1.29 is 51.7 Å². The number of ether oxygens (including phenoxy) is 1. The van der Waals surface area contributed by atoms with Gasteiger partial charge in [-0.25, -0.2) is 18.2 Å². The molecule has 1 heterocycles. The Balaban J connectivity index is 2.71. The number of hydrogen-bond donors (Lipinski definition) is 6. The summed E-state index contributed by atoms with van der Waals surface area (Å²) in [5.41, 5.74) is 4.51. The van der Waals surface area contributed by atoms with Gasteiger partial charge in [0.05, 0.1) is 19.3 Å². The van der Waals surface area contributed by atoms with Crippen molar-refractivity contribution in [1.82, 2.24) is 9.55 Å². The Morgan fingerprint density at radius 3 is 2.31 bits per heavy atom. The molecule has 150 valence electrons. The molecule has 1 rings (SSSR count). The lowest BCUT2D eigenvalue weighted by molar-refractivity contribution is 0.0188. The number of anilines is 1. The van der Waals surface area contributed by atoms with Crippen LogP contribution in [0, 0.1) is 0 Å². The quantitative estimate of drug-likeness (QED) is 0.229. The SMILES string of the molecule is Nc1ccn(CC(CO)OCP(=O)(O)OP(=O)(O)OP(=O)(O)O)c(=O)n1. The minimum Gasteiger partial charge on any atom is -0.394 e. The normalized spacial score (nSPS) is 18.0. The van der Waals surface area contributed by atoms with Gasteiger partial charge in [-0.05, 0) is 6.07 Å². The second-order valence-corrected chi connectivity index (χ2v) is 9.41. The first kappa shape index (κ1) is 23.1. The van der Waals surface area contributed by atoms with Crippen molar-refractivity contribution in [1.29, 1.82) is 0 Å². The van der Waals surface area contributed by atoms with Crippen LogP contribution in [0.15, 0.2) is 17.1 Å². The Bertz CT molecular complexity index is 820. The molecule has 26 heavy (non-hydrogen) atoms. The van der Waals surface area contributed by atoms with Gasteiger partial charge >= 0.3 is 28.9 Å². The van der Waals surface area contributed by atoms with Gasteiger partial charge < -0.3 is 35.2 Å². The van der Waals surface area contributed by atoms with Crippen LogP contribution in [0.25, 0.3) is 0 Å². The van der Waals surface area contributed by atoms with Crippen LogP contribution in [0.5, 0.6) is 0 Å². The number of aromatic nitrogens is 2. The highest BCUT2D eigenvalue weighted by Crippen LogP contribution is 2.65. The van der Waals surface area contributed by atoms with Crippen LogP contribution in [-0.2, 0) is 33.6 Å². The van der Waals surface area contributed by atoms with Crippen molar-refractivity contribution in [3.8, 4) is 0 Å². The van der Waals surface area contributed by atoms with Crippen molar-refractivity contribution in [2.75, 3.05) is 18.7 Å². The first-order valence-corrected chi connectivity index (χ1v) is 11.2. The number of nitrogens with zero attached hydrogens (tertiary/aromatic N) is 2. The van der Waals surface area contributed by atoms with E-state index in [2.05, 4.69) is 13.6 Å². The van der Waals surface area contributed by atoms with E-state index in [1.165, 1.54) is 12.3 Å². The molecule has 1 aromatic heterocycles. The zero-order valence-electron chi connectivity index (χ0n) is 12.8. The van der Waals surface area contributed by atoms with Gasteiger partial charge in [-0.1, -0.05) is 0 Å². The van der Waals surface area contributed by atoms with E-state index in [0.717, 1.165) is 4.57 Å². The fourth-order valence-corrected chi connectivity index (χ4v) is 4.84. The van der Waals surface area contributed by atoms with Crippen LogP contribution in [0.1, 0.15) is 0 Å². The number of nitrogen functional groups attached to an aromatic ring is 1. The molecule has 7 N–H and O–H groups in total. The number of aliphatic hydroxyl groups is 1. The van der Waals surface area contributed by atoms with Crippen LogP contribution in [0.4, 0.5) is 5.82 Å². The number of rotatable bonds is 10. The molecule has 0 aliphatic carbocycles. The van der Waals surface area contributed by atoms with Crippen molar-refractivity contribution in [2.24, 2.45) is 0 Å². The second kappa shape index (κ2) is 8.83. The van der Waals surface area contributed by atoms with Gasteiger partial charge in [-0.15, -0.1) is 0 Å². The highest BCUT2D eigenvalue weighted by atomic mass is 31.3. The van der Waals surface area contributed by atoms with Gasteiger partial charge in [0.25, 0.3) is 0 Å². The second-order valence-electron chi connectivity index (χ2n) is 4.65. The van der Waals surface area contributed by atoms with E-state index in [0.29, 0.717) is 0 Å². The maximum Gasteiger partial charge on any atom is 0.488 e. The van der Waals surface area contributed by atoms with Crippen molar-refractivity contribution >= 4 is 29.1 Å². The summed E-state index contributed by atoms with van der Waals surface area (Å²) in [4.78, 5) is 50.2. The Hall–Kier alpha value is -0.950. The Morgan fingerprint density at radius 1 is 1.19 bits per heavy atom. The summed E-state index contributed by atoms with van der Waals surface area (Å²) in [6.45, 7) is -1.05. The Kier molecular flexibility index (Phi) is 7.84. The summed E-state index contributed by atoms with van der Waals surface area (Å²) in [5, 5.41) is 9.19. The third kappa shape index (κ3) is 8.62. The molecular weight excluding hydrogens is 423 g/mol. The van der Waals surface area contributed by atoms with Gasteiger partial charge in [0.15, 0.2) is 0 Å². The van der Waals surface area contributed by atoms with E-state index in [1.807, 2.05) is 0 Å². The average molecular weight is 439 g/mol. The molecule has 0 radical (unpaired) electrons. The largest absolute Gasteiger partial charge is 0.488 e. The van der Waals surface area contributed by atoms with Crippen LogP contribution in [0.3, 0.4) is 0 Å². The van der Waals surface area contributed by atoms with Crippen molar-refractivity contribution in [3.05, 3.63) is 22.7 Å². The van der Waals surface area contributed by atoms with Gasteiger partial charge in [0.2, 0.25) is 0 Å². The summed E-state index contributed by atoms with van der Waals surface area (Å²) in [6, 6.07) is 1.28. The molecular formula is C8H16N3O12P3. The standard InChI is InChI=1S/C8H16N3O12P3/c9-7-1-2-11(8(13)10-7)3-6(4-12)21-5-24(14,15)22-26(19,20)23-25(16,17)18/h1-2,6,12H,3-5H2,(H,14,15)(H,19,20)(H2,9,10,13)(H2,16,17,18). The molecule has 0 amide bonds. The Morgan fingerprint density at radius 2 is 1.81 bits per heavy atom.